The zero-order valence-electron chi connectivity index (χ0n) is 6.26. The van der Waals surface area contributed by atoms with Gasteiger partial charge in [-0.15, -0.1) is 0 Å². The molecule has 0 atom stereocenters. The zero-order valence-corrected chi connectivity index (χ0v) is 6.26. The molecule has 1 nitrogen and oxygen atoms in total. The second-order valence-electron chi connectivity index (χ2n) is 3.26. The Morgan fingerprint density at radius 2 is 2.00 bits per heavy atom. The van der Waals surface area contributed by atoms with E-state index in [-0.39, 0.29) is 5.54 Å². The monoisotopic (exact) mass is 121 g/mol. The van der Waals surface area contributed by atoms with Crippen molar-refractivity contribution in [1.82, 2.24) is 4.57 Å². The third-order valence-corrected chi connectivity index (χ3v) is 1.38. The Morgan fingerprint density at radius 1 is 1.33 bits per heavy atom. The van der Waals surface area contributed by atoms with Gasteiger partial charge in [-0.2, -0.15) is 0 Å². The van der Waals surface area contributed by atoms with E-state index >= 15 is 0 Å². The molecule has 0 saturated carbocycles. The van der Waals surface area contributed by atoms with Crippen LogP contribution in [-0.2, 0) is 5.54 Å². The van der Waals surface area contributed by atoms with Crippen LogP contribution in [0.2, 0.25) is 0 Å². The minimum atomic E-state index is 0.240. The molecule has 0 unspecified atom stereocenters. The third-order valence-electron chi connectivity index (χ3n) is 1.38. The Morgan fingerprint density at radius 3 is 2.22 bits per heavy atom. The first kappa shape index (κ1) is 6.59. The number of aromatic nitrogens is 1. The fourth-order valence-corrected chi connectivity index (χ4v) is 0.782. The summed E-state index contributed by atoms with van der Waals surface area (Å²) in [7, 11) is 0. The van der Waals surface area contributed by atoms with Crippen molar-refractivity contribution in [2.75, 3.05) is 0 Å². The first-order valence-corrected chi connectivity index (χ1v) is 3.24. The molecule has 48 valence electrons. The van der Waals surface area contributed by atoms with Crippen LogP contribution in [0.4, 0.5) is 0 Å². The number of hydrogen-bond donors (Lipinski definition) is 0. The summed E-state index contributed by atoms with van der Waals surface area (Å²) in [6, 6.07) is 0. The van der Waals surface area contributed by atoms with E-state index in [4.69, 9.17) is 0 Å². The summed E-state index contributed by atoms with van der Waals surface area (Å²) in [6.07, 6.45) is 4.17. The first-order chi connectivity index (χ1) is 4.11. The summed E-state index contributed by atoms with van der Waals surface area (Å²) in [4.78, 5) is 0. The summed E-state index contributed by atoms with van der Waals surface area (Å²) in [5.74, 6) is 2.05. The molecule has 0 spiro atoms. The SMILES string of the molecule is CC(C)(C)n1cbcc1. The minimum absolute atomic E-state index is 0.240. The fourth-order valence-electron chi connectivity index (χ4n) is 0.782. The molecule has 0 fully saturated rings. The molecular weight excluding hydrogens is 109 g/mol. The van der Waals surface area contributed by atoms with Crippen LogP contribution in [0, 0.1) is 0 Å². The second kappa shape index (κ2) is 2.01. The Labute approximate surface area is 56.9 Å². The summed E-state index contributed by atoms with van der Waals surface area (Å²) < 4.78 is 2.19. The average molecular weight is 121 g/mol. The molecule has 1 heterocycles. The van der Waals surface area contributed by atoms with Crippen LogP contribution >= 0.6 is 0 Å². The van der Waals surface area contributed by atoms with Crippen LogP contribution in [0.3, 0.4) is 0 Å². The summed E-state index contributed by atoms with van der Waals surface area (Å²) >= 11 is 0. The van der Waals surface area contributed by atoms with Crippen molar-refractivity contribution in [3.8, 4) is 0 Å². The van der Waals surface area contributed by atoms with Crippen molar-refractivity contribution >= 4 is 6.91 Å². The van der Waals surface area contributed by atoms with E-state index in [9.17, 15) is 0 Å². The van der Waals surface area contributed by atoms with Gasteiger partial charge in [0.1, 0.15) is 0 Å². The molecule has 0 bridgehead atoms. The van der Waals surface area contributed by atoms with Crippen molar-refractivity contribution in [3.63, 3.8) is 0 Å². The number of hydrogen-bond acceptors (Lipinski definition) is 0. The molecule has 0 radical (unpaired) electrons. The van der Waals surface area contributed by atoms with Gasteiger partial charge in [0.05, 0.1) is 0 Å². The van der Waals surface area contributed by atoms with E-state index in [0.29, 0.717) is 0 Å². The molecule has 0 aliphatic heterocycles. The van der Waals surface area contributed by atoms with Crippen molar-refractivity contribution in [3.05, 3.63) is 18.3 Å². The van der Waals surface area contributed by atoms with Crippen LogP contribution in [0.1, 0.15) is 20.8 Å². The fraction of sp³-hybridized carbons (Fsp3) is 0.571. The number of nitrogens with zero attached hydrogens (tertiary/aromatic N) is 1. The molecule has 0 aliphatic rings. The van der Waals surface area contributed by atoms with Gasteiger partial charge in [0.15, 0.2) is 0 Å². The van der Waals surface area contributed by atoms with Crippen molar-refractivity contribution in [1.29, 1.82) is 0 Å². The molecule has 1 aromatic rings. The van der Waals surface area contributed by atoms with E-state index in [1.165, 1.54) is 0 Å². The van der Waals surface area contributed by atoms with Gasteiger partial charge in [0.2, 0.25) is 0 Å². The Hall–Kier alpha value is -0.525. The summed E-state index contributed by atoms with van der Waals surface area (Å²) in [6.45, 7) is 8.61. The van der Waals surface area contributed by atoms with Crippen LogP contribution in [-0.4, -0.2) is 11.5 Å². The predicted octanol–water partition coefficient (Wildman–Crippen LogP) is 1.58. The normalized spacial score (nSPS) is 11.4. The topological polar surface area (TPSA) is 4.93 Å². The van der Waals surface area contributed by atoms with Crippen LogP contribution in [0.5, 0.6) is 0 Å². The molecule has 0 aliphatic carbocycles. The van der Waals surface area contributed by atoms with Gasteiger partial charge in [-0.25, -0.2) is 0 Å². The van der Waals surface area contributed by atoms with Gasteiger partial charge in [-0.3, -0.25) is 0 Å². The predicted molar refractivity (Wildman–Crippen MR) is 40.8 cm³/mol. The third kappa shape index (κ3) is 1.44. The van der Waals surface area contributed by atoms with Gasteiger partial charge in [-0.1, -0.05) is 0 Å². The molecule has 0 aromatic carbocycles. The summed E-state index contributed by atoms with van der Waals surface area (Å²) in [5, 5.41) is 0. The van der Waals surface area contributed by atoms with E-state index in [1.807, 2.05) is 12.9 Å². The molecule has 0 N–H and O–H groups in total. The Balaban J connectivity index is 2.90. The molecule has 1 aromatic heterocycles. The van der Waals surface area contributed by atoms with Crippen molar-refractivity contribution in [2.45, 2.75) is 26.3 Å². The molecule has 1 rings (SSSR count). The maximum absolute atomic E-state index is 2.19. The standard InChI is InChI=1S/C7H12BN/c1-7(2,3)9-5-4-8-6-9/h4-6H,1-3H3. The number of rotatable bonds is 0. The first-order valence-electron chi connectivity index (χ1n) is 3.24. The van der Waals surface area contributed by atoms with Gasteiger partial charge in [0.25, 0.3) is 0 Å². The molecule has 0 amide bonds. The average Bonchev–Trinajstić information content (AvgIpc) is 2.08. The van der Waals surface area contributed by atoms with Crippen LogP contribution < -0.4 is 0 Å². The maximum atomic E-state index is 2.19. The molecule has 0 saturated heterocycles. The zero-order chi connectivity index (χ0) is 6.91. The van der Waals surface area contributed by atoms with Crippen LogP contribution in [0.15, 0.2) is 18.3 Å². The quantitative estimate of drug-likeness (QED) is 0.491. The van der Waals surface area contributed by atoms with Gasteiger partial charge >= 0.3 is 56.0 Å². The Kier molecular flexibility index (Phi) is 1.48. The van der Waals surface area contributed by atoms with Crippen molar-refractivity contribution in [2.24, 2.45) is 0 Å². The van der Waals surface area contributed by atoms with Crippen LogP contribution in [0.25, 0.3) is 0 Å². The van der Waals surface area contributed by atoms with E-state index in [0.717, 1.165) is 0 Å². The Bertz CT molecular complexity index is 171. The summed E-state index contributed by atoms with van der Waals surface area (Å²) in [5.41, 5.74) is 0.240. The van der Waals surface area contributed by atoms with E-state index < -0.39 is 0 Å². The second-order valence-corrected chi connectivity index (χ2v) is 3.26. The van der Waals surface area contributed by atoms with Crippen molar-refractivity contribution < 1.29 is 0 Å². The van der Waals surface area contributed by atoms with Gasteiger partial charge in [0, 0.05) is 0 Å². The molecule has 2 heteroatoms. The van der Waals surface area contributed by atoms with Gasteiger partial charge < -0.3 is 0 Å². The van der Waals surface area contributed by atoms with E-state index in [1.54, 1.807) is 0 Å². The van der Waals surface area contributed by atoms with Gasteiger partial charge in [-0.05, 0) is 0 Å². The molecular formula is C7H12BN. The van der Waals surface area contributed by atoms with E-state index in [2.05, 4.69) is 37.6 Å². The molecule has 9 heavy (non-hydrogen) atoms.